The molecule has 2 rings (SSSR count). The largest absolute Gasteiger partial charge is 0.345 e. The quantitative estimate of drug-likeness (QED) is 0.869. The van der Waals surface area contributed by atoms with Crippen LogP contribution in [-0.4, -0.2) is 35.4 Å². The number of nitrogens with one attached hydrogen (secondary N) is 2. The topological polar surface area (TPSA) is 65.2 Å². The molecule has 0 spiro atoms. The average molecular weight is 277 g/mol. The molecule has 5 nitrogen and oxygen atoms in total. The van der Waals surface area contributed by atoms with Crippen molar-refractivity contribution >= 4 is 5.91 Å². The normalized spacial score (nSPS) is 19.2. The molecule has 0 aromatic carbocycles. The number of amides is 1. The van der Waals surface area contributed by atoms with Crippen molar-refractivity contribution in [1.82, 2.24) is 15.2 Å². The van der Waals surface area contributed by atoms with Crippen molar-refractivity contribution in [3.63, 3.8) is 0 Å². The molecule has 1 aliphatic carbocycles. The minimum Gasteiger partial charge on any atom is -0.345 e. The third-order valence-electron chi connectivity index (χ3n) is 4.00. The Bertz CT molecular complexity index is 538. The van der Waals surface area contributed by atoms with Crippen LogP contribution in [-0.2, 0) is 11.2 Å². The fourth-order valence-electron chi connectivity index (χ4n) is 2.73. The molecule has 2 N–H and O–H groups in total. The molecule has 0 aliphatic heterocycles. The maximum atomic E-state index is 12.1. The van der Waals surface area contributed by atoms with E-state index in [1.807, 2.05) is 27.0 Å². The highest BCUT2D eigenvalue weighted by molar-refractivity contribution is 5.81. The predicted molar refractivity (Wildman–Crippen MR) is 78.7 cm³/mol. The van der Waals surface area contributed by atoms with Gasteiger partial charge in [0, 0.05) is 31.4 Å². The standard InChI is InChI=1S/C15H23N3O2/c1-4-18(3)15(20)10(2)16-12-6-5-7-13-11(12)8-9-14(19)17-13/h8-10,12,16H,4-7H2,1-3H3,(H,17,19). The lowest BCUT2D eigenvalue weighted by Crippen LogP contribution is -2.45. The summed E-state index contributed by atoms with van der Waals surface area (Å²) in [5, 5.41) is 3.40. The van der Waals surface area contributed by atoms with E-state index < -0.39 is 0 Å². The molecule has 1 aromatic rings. The maximum absolute atomic E-state index is 12.1. The zero-order chi connectivity index (χ0) is 14.7. The summed E-state index contributed by atoms with van der Waals surface area (Å²) in [7, 11) is 1.81. The molecule has 1 aromatic heterocycles. The van der Waals surface area contributed by atoms with Crippen LogP contribution in [0.15, 0.2) is 16.9 Å². The third-order valence-corrected chi connectivity index (χ3v) is 4.00. The van der Waals surface area contributed by atoms with Gasteiger partial charge in [-0.25, -0.2) is 0 Å². The van der Waals surface area contributed by atoms with E-state index in [1.165, 1.54) is 0 Å². The van der Waals surface area contributed by atoms with Gasteiger partial charge in [-0.15, -0.1) is 0 Å². The lowest BCUT2D eigenvalue weighted by atomic mass is 9.91. The Balaban J connectivity index is 2.12. The maximum Gasteiger partial charge on any atom is 0.248 e. The van der Waals surface area contributed by atoms with Crippen molar-refractivity contribution in [2.45, 2.75) is 45.2 Å². The van der Waals surface area contributed by atoms with Crippen molar-refractivity contribution in [3.8, 4) is 0 Å². The van der Waals surface area contributed by atoms with E-state index in [-0.39, 0.29) is 23.6 Å². The number of likely N-dealkylation sites (N-methyl/N-ethyl adjacent to an activating group) is 1. The van der Waals surface area contributed by atoms with E-state index in [1.54, 1.807) is 11.0 Å². The van der Waals surface area contributed by atoms with Crippen LogP contribution in [0.5, 0.6) is 0 Å². The first-order chi connectivity index (χ1) is 9.52. The molecular formula is C15H23N3O2. The van der Waals surface area contributed by atoms with Crippen molar-refractivity contribution in [3.05, 3.63) is 33.7 Å². The summed E-state index contributed by atoms with van der Waals surface area (Å²) >= 11 is 0. The van der Waals surface area contributed by atoms with Gasteiger partial charge in [-0.3, -0.25) is 14.9 Å². The predicted octanol–water partition coefficient (Wildman–Crippen LogP) is 1.21. The number of pyridine rings is 1. The van der Waals surface area contributed by atoms with Crippen LogP contribution < -0.4 is 10.9 Å². The van der Waals surface area contributed by atoms with Crippen LogP contribution in [0.25, 0.3) is 0 Å². The molecule has 0 radical (unpaired) electrons. The van der Waals surface area contributed by atoms with Crippen molar-refractivity contribution in [1.29, 1.82) is 0 Å². The molecule has 0 fully saturated rings. The SMILES string of the molecule is CCN(C)C(=O)C(C)NC1CCCc2[nH]c(=O)ccc21. The summed E-state index contributed by atoms with van der Waals surface area (Å²) < 4.78 is 0. The van der Waals surface area contributed by atoms with Crippen molar-refractivity contribution in [2.24, 2.45) is 0 Å². The molecule has 20 heavy (non-hydrogen) atoms. The fourth-order valence-corrected chi connectivity index (χ4v) is 2.73. The molecule has 1 heterocycles. The van der Waals surface area contributed by atoms with Gasteiger partial charge >= 0.3 is 0 Å². The average Bonchev–Trinajstić information content (AvgIpc) is 2.45. The van der Waals surface area contributed by atoms with Gasteiger partial charge in [0.05, 0.1) is 6.04 Å². The lowest BCUT2D eigenvalue weighted by molar-refractivity contribution is -0.131. The first-order valence-electron chi connectivity index (χ1n) is 7.26. The second-order valence-corrected chi connectivity index (χ2v) is 5.44. The van der Waals surface area contributed by atoms with Gasteiger partial charge in [0.25, 0.3) is 0 Å². The summed E-state index contributed by atoms with van der Waals surface area (Å²) in [6.07, 6.45) is 2.92. The second kappa shape index (κ2) is 6.22. The molecule has 1 aliphatic rings. The molecule has 0 saturated heterocycles. The third kappa shape index (κ3) is 3.10. The molecule has 2 unspecified atom stereocenters. The number of carbonyl (C=O) groups is 1. The van der Waals surface area contributed by atoms with E-state index in [0.717, 1.165) is 30.5 Å². The molecular weight excluding hydrogens is 254 g/mol. The van der Waals surface area contributed by atoms with Gasteiger partial charge in [-0.1, -0.05) is 6.07 Å². The van der Waals surface area contributed by atoms with Crippen LogP contribution in [0.4, 0.5) is 0 Å². The molecule has 110 valence electrons. The summed E-state index contributed by atoms with van der Waals surface area (Å²) in [5.41, 5.74) is 2.07. The summed E-state index contributed by atoms with van der Waals surface area (Å²) in [5.74, 6) is 0.101. The second-order valence-electron chi connectivity index (χ2n) is 5.44. The molecule has 1 amide bonds. The fraction of sp³-hybridized carbons (Fsp3) is 0.600. The van der Waals surface area contributed by atoms with Gasteiger partial charge in [0.15, 0.2) is 0 Å². The minimum absolute atomic E-state index is 0.0563. The first kappa shape index (κ1) is 14.8. The van der Waals surface area contributed by atoms with E-state index in [4.69, 9.17) is 0 Å². The number of H-pyrrole nitrogens is 1. The molecule has 0 bridgehead atoms. The van der Waals surface area contributed by atoms with E-state index in [2.05, 4.69) is 10.3 Å². The number of hydrogen-bond donors (Lipinski definition) is 2. The number of aryl methyl sites for hydroxylation is 1. The molecule has 0 saturated carbocycles. The highest BCUT2D eigenvalue weighted by Crippen LogP contribution is 2.27. The first-order valence-corrected chi connectivity index (χ1v) is 7.26. The summed E-state index contributed by atoms with van der Waals surface area (Å²) in [4.78, 5) is 28.1. The Morgan fingerprint density at radius 3 is 3.00 bits per heavy atom. The monoisotopic (exact) mass is 277 g/mol. The summed E-state index contributed by atoms with van der Waals surface area (Å²) in [6.45, 7) is 4.57. The highest BCUT2D eigenvalue weighted by atomic mass is 16.2. The Hall–Kier alpha value is -1.62. The Kier molecular flexibility index (Phi) is 4.60. The number of nitrogens with zero attached hydrogens (tertiary/aromatic N) is 1. The van der Waals surface area contributed by atoms with Crippen LogP contribution >= 0.6 is 0 Å². The number of rotatable bonds is 4. The Labute approximate surface area is 119 Å². The van der Waals surface area contributed by atoms with Gasteiger partial charge < -0.3 is 9.88 Å². The van der Waals surface area contributed by atoms with Crippen LogP contribution in [0.1, 0.15) is 44.0 Å². The smallest absolute Gasteiger partial charge is 0.248 e. The molecule has 2 atom stereocenters. The Morgan fingerprint density at radius 1 is 1.55 bits per heavy atom. The lowest BCUT2D eigenvalue weighted by Gasteiger charge is -2.29. The van der Waals surface area contributed by atoms with E-state index in [9.17, 15) is 9.59 Å². The van der Waals surface area contributed by atoms with Crippen LogP contribution in [0, 0.1) is 0 Å². The van der Waals surface area contributed by atoms with E-state index in [0.29, 0.717) is 6.54 Å². The van der Waals surface area contributed by atoms with Gasteiger partial charge in [0.2, 0.25) is 11.5 Å². The zero-order valence-corrected chi connectivity index (χ0v) is 12.4. The summed E-state index contributed by atoms with van der Waals surface area (Å²) in [6, 6.07) is 3.36. The highest BCUT2D eigenvalue weighted by Gasteiger charge is 2.25. The Morgan fingerprint density at radius 2 is 2.30 bits per heavy atom. The number of aromatic nitrogens is 1. The zero-order valence-electron chi connectivity index (χ0n) is 12.4. The van der Waals surface area contributed by atoms with Crippen molar-refractivity contribution < 1.29 is 4.79 Å². The van der Waals surface area contributed by atoms with Gasteiger partial charge in [-0.2, -0.15) is 0 Å². The van der Waals surface area contributed by atoms with E-state index >= 15 is 0 Å². The van der Waals surface area contributed by atoms with Gasteiger partial charge in [-0.05, 0) is 38.7 Å². The number of fused-ring (bicyclic) bond motifs is 1. The molecule has 5 heteroatoms. The number of hydrogen-bond acceptors (Lipinski definition) is 3. The van der Waals surface area contributed by atoms with Gasteiger partial charge in [0.1, 0.15) is 0 Å². The number of carbonyl (C=O) groups excluding carboxylic acids is 1. The number of aromatic amines is 1. The minimum atomic E-state index is -0.220. The van der Waals surface area contributed by atoms with Crippen LogP contribution in [0.2, 0.25) is 0 Å². The van der Waals surface area contributed by atoms with Crippen molar-refractivity contribution in [2.75, 3.05) is 13.6 Å². The van der Waals surface area contributed by atoms with Crippen LogP contribution in [0.3, 0.4) is 0 Å².